The minimum Gasteiger partial charge on any atom is -0.492 e. The first-order chi connectivity index (χ1) is 22.6. The lowest BCUT2D eigenvalue weighted by atomic mass is 9.72. The fourth-order valence-corrected chi connectivity index (χ4v) is 6.23. The molecule has 0 spiro atoms. The molecule has 47 heavy (non-hydrogen) atoms. The Labute approximate surface area is 277 Å². The average Bonchev–Trinajstić information content (AvgIpc) is 3.34. The third kappa shape index (κ3) is 7.03. The van der Waals surface area contributed by atoms with Crippen molar-refractivity contribution in [3.05, 3.63) is 64.7 Å². The third-order valence-corrected chi connectivity index (χ3v) is 9.18. The maximum atomic E-state index is 12.0. The second-order valence-electron chi connectivity index (χ2n) is 12.6. The van der Waals surface area contributed by atoms with Crippen LogP contribution in [0.1, 0.15) is 50.8 Å². The molecule has 3 atom stereocenters. The lowest BCUT2D eigenvalue weighted by molar-refractivity contribution is -0.225. The van der Waals surface area contributed by atoms with Gasteiger partial charge in [0.15, 0.2) is 24.1 Å². The molecule has 2 heterocycles. The van der Waals surface area contributed by atoms with Crippen LogP contribution in [0.4, 0.5) is 0 Å². The summed E-state index contributed by atoms with van der Waals surface area (Å²) in [6, 6.07) is 11.9. The van der Waals surface area contributed by atoms with E-state index in [2.05, 4.69) is 0 Å². The van der Waals surface area contributed by atoms with Gasteiger partial charge in [0.2, 0.25) is 0 Å². The molecular formula is C37H48O10. The van der Waals surface area contributed by atoms with Gasteiger partial charge in [-0.1, -0.05) is 36.4 Å². The maximum Gasteiger partial charge on any atom is 0.189 e. The SMILES string of the molecule is COCCOCOc1cc2c(OC)c(OC)c(C)c(OCc3ccccc3)c2c2c1[C@@](C)([C@H](O)CC=C1COC(C)(C)OC1)[C@@H](C)O2. The zero-order valence-electron chi connectivity index (χ0n) is 28.8. The van der Waals surface area contributed by atoms with Crippen molar-refractivity contribution in [3.8, 4) is 28.7 Å². The van der Waals surface area contributed by atoms with Gasteiger partial charge >= 0.3 is 0 Å². The summed E-state index contributed by atoms with van der Waals surface area (Å²) in [5, 5.41) is 13.4. The number of aliphatic hydroxyl groups is 1. The van der Waals surface area contributed by atoms with E-state index in [9.17, 15) is 5.11 Å². The van der Waals surface area contributed by atoms with Crippen molar-refractivity contribution >= 4 is 10.8 Å². The van der Waals surface area contributed by atoms with Crippen molar-refractivity contribution in [1.82, 2.24) is 0 Å². The highest BCUT2D eigenvalue weighted by atomic mass is 16.7. The van der Waals surface area contributed by atoms with Crippen LogP contribution in [0.5, 0.6) is 28.7 Å². The molecule has 1 saturated heterocycles. The predicted molar refractivity (Wildman–Crippen MR) is 178 cm³/mol. The molecule has 0 aliphatic carbocycles. The van der Waals surface area contributed by atoms with Gasteiger partial charge < -0.3 is 47.7 Å². The van der Waals surface area contributed by atoms with E-state index < -0.39 is 23.4 Å². The van der Waals surface area contributed by atoms with Crippen LogP contribution < -0.4 is 23.7 Å². The molecule has 256 valence electrons. The molecule has 5 rings (SSSR count). The smallest absolute Gasteiger partial charge is 0.189 e. The minimum absolute atomic E-state index is 0.0287. The standard InChI is InChI=1S/C37H48O10/c1-23-32(43-19-25-12-10-9-11-13-25)30-27(34(41-8)33(23)40-7)18-28(44-22-42-17-16-39-6)31-35(30)47-24(2)37(31,5)29(38)15-14-26-20-45-36(3,4)46-21-26/h9-14,18,24,29,38H,15-17,19-22H2,1-8H3/t24-,29-,37-/m1/s1. The van der Waals surface area contributed by atoms with E-state index in [4.69, 9.17) is 42.6 Å². The molecule has 2 aliphatic rings. The van der Waals surface area contributed by atoms with Crippen molar-refractivity contribution in [2.45, 2.75) is 71.1 Å². The van der Waals surface area contributed by atoms with Crippen molar-refractivity contribution in [3.63, 3.8) is 0 Å². The van der Waals surface area contributed by atoms with Crippen LogP contribution in [0.2, 0.25) is 0 Å². The molecule has 0 radical (unpaired) electrons. The average molecular weight is 653 g/mol. The van der Waals surface area contributed by atoms with Gasteiger partial charge in [0.05, 0.1) is 57.6 Å². The Bertz CT molecular complexity index is 1560. The topological polar surface area (TPSA) is 103 Å². The Balaban J connectivity index is 1.64. The van der Waals surface area contributed by atoms with Gasteiger partial charge in [-0.25, -0.2) is 0 Å². The lowest BCUT2D eigenvalue weighted by Gasteiger charge is -2.35. The monoisotopic (exact) mass is 652 g/mol. The summed E-state index contributed by atoms with van der Waals surface area (Å²) >= 11 is 0. The quantitative estimate of drug-likeness (QED) is 0.122. The first-order valence-electron chi connectivity index (χ1n) is 16.0. The van der Waals surface area contributed by atoms with Crippen LogP contribution in [0, 0.1) is 6.92 Å². The van der Waals surface area contributed by atoms with Gasteiger partial charge in [-0.3, -0.25) is 0 Å². The van der Waals surface area contributed by atoms with E-state index >= 15 is 0 Å². The first kappa shape index (κ1) is 34.8. The molecule has 10 nitrogen and oxygen atoms in total. The summed E-state index contributed by atoms with van der Waals surface area (Å²) in [6.07, 6.45) is 1.08. The molecule has 3 aromatic rings. The second kappa shape index (κ2) is 14.7. The number of aliphatic hydroxyl groups excluding tert-OH is 1. The Morgan fingerprint density at radius 1 is 0.957 bits per heavy atom. The largest absolute Gasteiger partial charge is 0.492 e. The maximum absolute atomic E-state index is 12.0. The molecule has 1 fully saturated rings. The van der Waals surface area contributed by atoms with Crippen molar-refractivity contribution in [2.75, 3.05) is 54.5 Å². The summed E-state index contributed by atoms with van der Waals surface area (Å²) in [4.78, 5) is 0. The van der Waals surface area contributed by atoms with E-state index in [1.54, 1.807) is 21.3 Å². The van der Waals surface area contributed by atoms with Gasteiger partial charge in [0.1, 0.15) is 30.0 Å². The highest BCUT2D eigenvalue weighted by molar-refractivity contribution is 6.04. The van der Waals surface area contributed by atoms with Gasteiger partial charge in [-0.15, -0.1) is 0 Å². The Morgan fingerprint density at radius 3 is 2.32 bits per heavy atom. The molecule has 0 saturated carbocycles. The van der Waals surface area contributed by atoms with E-state index in [1.165, 1.54) is 0 Å². The van der Waals surface area contributed by atoms with E-state index in [0.29, 0.717) is 73.6 Å². The zero-order chi connectivity index (χ0) is 33.8. The number of hydrogen-bond donors (Lipinski definition) is 1. The molecule has 10 heteroatoms. The van der Waals surface area contributed by atoms with Crippen LogP contribution in [-0.4, -0.2) is 77.7 Å². The molecule has 1 N–H and O–H groups in total. The van der Waals surface area contributed by atoms with Gasteiger partial charge in [0.25, 0.3) is 0 Å². The van der Waals surface area contributed by atoms with E-state index in [0.717, 1.165) is 27.6 Å². The van der Waals surface area contributed by atoms with Crippen molar-refractivity contribution in [1.29, 1.82) is 0 Å². The van der Waals surface area contributed by atoms with Crippen LogP contribution >= 0.6 is 0 Å². The number of rotatable bonds is 14. The van der Waals surface area contributed by atoms with Crippen LogP contribution in [0.25, 0.3) is 10.8 Å². The van der Waals surface area contributed by atoms with Gasteiger partial charge in [0, 0.05) is 23.6 Å². The minimum atomic E-state index is -0.879. The van der Waals surface area contributed by atoms with E-state index in [-0.39, 0.29) is 6.79 Å². The summed E-state index contributed by atoms with van der Waals surface area (Å²) < 4.78 is 53.9. The van der Waals surface area contributed by atoms with Gasteiger partial charge in [-0.2, -0.15) is 0 Å². The summed E-state index contributed by atoms with van der Waals surface area (Å²) in [5.74, 6) is 2.12. The molecule has 0 unspecified atom stereocenters. The number of benzene rings is 3. The Hall–Kier alpha value is -3.54. The predicted octanol–water partition coefficient (Wildman–Crippen LogP) is 6.24. The second-order valence-corrected chi connectivity index (χ2v) is 12.6. The Morgan fingerprint density at radius 2 is 1.66 bits per heavy atom. The van der Waals surface area contributed by atoms with Crippen LogP contribution in [0.15, 0.2) is 48.0 Å². The highest BCUT2D eigenvalue weighted by Crippen LogP contribution is 2.59. The van der Waals surface area contributed by atoms with Crippen molar-refractivity contribution in [2.24, 2.45) is 0 Å². The highest BCUT2D eigenvalue weighted by Gasteiger charge is 2.51. The number of hydrogen-bond acceptors (Lipinski definition) is 10. The summed E-state index contributed by atoms with van der Waals surface area (Å²) in [5.41, 5.74) is 2.61. The molecule has 0 aromatic heterocycles. The van der Waals surface area contributed by atoms with Gasteiger partial charge in [-0.05, 0) is 58.2 Å². The number of ether oxygens (including phenoxy) is 9. The number of fused-ring (bicyclic) bond motifs is 3. The normalized spacial score (nSPS) is 20.8. The summed E-state index contributed by atoms with van der Waals surface area (Å²) in [6.45, 7) is 11.7. The summed E-state index contributed by atoms with van der Waals surface area (Å²) in [7, 11) is 4.83. The van der Waals surface area contributed by atoms with Crippen molar-refractivity contribution < 1.29 is 47.7 Å². The molecule has 0 bridgehead atoms. The molecular weight excluding hydrogens is 604 g/mol. The van der Waals surface area contributed by atoms with E-state index in [1.807, 2.05) is 77.1 Å². The third-order valence-electron chi connectivity index (χ3n) is 9.18. The lowest BCUT2D eigenvalue weighted by Crippen LogP contribution is -2.44. The zero-order valence-corrected chi connectivity index (χ0v) is 28.8. The molecule has 3 aromatic carbocycles. The number of methoxy groups -OCH3 is 3. The molecule has 2 aliphatic heterocycles. The van der Waals surface area contributed by atoms with Crippen LogP contribution in [0.3, 0.4) is 0 Å². The molecule has 0 amide bonds. The Kier molecular flexibility index (Phi) is 10.9. The fraction of sp³-hybridized carbons (Fsp3) is 0.514. The fourth-order valence-electron chi connectivity index (χ4n) is 6.23. The first-order valence-corrected chi connectivity index (χ1v) is 16.0. The van der Waals surface area contributed by atoms with Crippen LogP contribution in [-0.2, 0) is 31.0 Å².